The van der Waals surface area contributed by atoms with E-state index < -0.39 is 0 Å². The molecule has 0 spiro atoms. The largest absolute Gasteiger partial charge is 0.466 e. The van der Waals surface area contributed by atoms with Crippen molar-refractivity contribution in [3.63, 3.8) is 0 Å². The number of hydrogen-bond acceptors (Lipinski definition) is 6. The van der Waals surface area contributed by atoms with Gasteiger partial charge in [0, 0.05) is 12.8 Å². The van der Waals surface area contributed by atoms with Crippen LogP contribution in [-0.4, -0.2) is 36.4 Å². The maximum atomic E-state index is 11.9. The average molecular weight is 610 g/mol. The summed E-state index contributed by atoms with van der Waals surface area (Å²) >= 11 is 4.88. The van der Waals surface area contributed by atoms with Gasteiger partial charge in [0.1, 0.15) is 0 Å². The molecule has 246 valence electrons. The Hall–Kier alpha value is -1.26. The lowest BCUT2D eigenvalue weighted by molar-refractivity contribution is -0.144. The summed E-state index contributed by atoms with van der Waals surface area (Å²) in [6.45, 7) is 5.65. The number of isothiocyanates is 1. The number of hydrogen-bond donors (Lipinski definition) is 0. The van der Waals surface area contributed by atoms with Gasteiger partial charge in [0.15, 0.2) is 0 Å². The van der Waals surface area contributed by atoms with E-state index in [2.05, 4.69) is 24.0 Å². The lowest BCUT2D eigenvalue weighted by atomic mass is 10.0. The predicted octanol–water partition coefficient (Wildman–Crippen LogP) is 11.5. The van der Waals surface area contributed by atoms with Crippen molar-refractivity contribution < 1.29 is 19.1 Å². The third kappa shape index (κ3) is 31.7. The second-order valence-corrected chi connectivity index (χ2v) is 12.4. The van der Waals surface area contributed by atoms with E-state index >= 15 is 0 Å². The molecule has 0 bridgehead atoms. The standard InChI is InChI=1S/C36H67NO4S/c1-3-5-7-9-11-19-25-31-40-35(38)29-23-17-13-15-21-27-34(37-33-42)28-22-16-14-18-24-30-36(39)41-32-26-20-12-10-8-6-4-2/h34H,3-32H2,1-2H3. The van der Waals surface area contributed by atoms with E-state index in [-0.39, 0.29) is 18.0 Å². The molecule has 0 aliphatic heterocycles. The molecule has 0 atom stereocenters. The van der Waals surface area contributed by atoms with Crippen molar-refractivity contribution in [2.75, 3.05) is 13.2 Å². The Kier molecular flexibility index (Phi) is 33.2. The zero-order chi connectivity index (χ0) is 30.8. The minimum absolute atomic E-state index is 0.0323. The first-order valence-electron chi connectivity index (χ1n) is 18.0. The van der Waals surface area contributed by atoms with Crippen LogP contribution in [0.2, 0.25) is 0 Å². The minimum Gasteiger partial charge on any atom is -0.466 e. The fourth-order valence-electron chi connectivity index (χ4n) is 5.34. The Bertz CT molecular complexity index is 604. The van der Waals surface area contributed by atoms with Gasteiger partial charge in [-0.2, -0.15) is 0 Å². The molecular formula is C36H67NO4S. The van der Waals surface area contributed by atoms with Crippen LogP contribution in [0, 0.1) is 0 Å². The van der Waals surface area contributed by atoms with Crippen LogP contribution >= 0.6 is 12.2 Å². The minimum atomic E-state index is -0.0323. The maximum Gasteiger partial charge on any atom is 0.305 e. The summed E-state index contributed by atoms with van der Waals surface area (Å²) in [5, 5.41) is 2.59. The van der Waals surface area contributed by atoms with Gasteiger partial charge in [0.25, 0.3) is 0 Å². The molecule has 0 aromatic rings. The normalized spacial score (nSPS) is 11.0. The second kappa shape index (κ2) is 34.2. The van der Waals surface area contributed by atoms with Gasteiger partial charge in [0.05, 0.1) is 24.4 Å². The molecule has 6 heteroatoms. The van der Waals surface area contributed by atoms with Crippen molar-refractivity contribution >= 4 is 29.3 Å². The van der Waals surface area contributed by atoms with Gasteiger partial charge in [0.2, 0.25) is 0 Å². The first kappa shape index (κ1) is 40.7. The van der Waals surface area contributed by atoms with Gasteiger partial charge in [-0.25, -0.2) is 4.99 Å². The molecule has 0 heterocycles. The molecular weight excluding hydrogens is 542 g/mol. The highest BCUT2D eigenvalue weighted by molar-refractivity contribution is 7.78. The Morgan fingerprint density at radius 2 is 0.857 bits per heavy atom. The van der Waals surface area contributed by atoms with Crippen LogP contribution in [0.4, 0.5) is 0 Å². The summed E-state index contributed by atoms with van der Waals surface area (Å²) in [5.74, 6) is -0.0646. The fraction of sp³-hybridized carbons (Fsp3) is 0.917. The molecule has 0 rings (SSSR count). The van der Waals surface area contributed by atoms with Gasteiger partial charge in [-0.15, -0.1) is 0 Å². The van der Waals surface area contributed by atoms with Gasteiger partial charge in [-0.05, 0) is 50.7 Å². The molecule has 42 heavy (non-hydrogen) atoms. The number of unbranched alkanes of at least 4 members (excludes halogenated alkanes) is 20. The number of rotatable bonds is 33. The summed E-state index contributed by atoms with van der Waals surface area (Å²) in [4.78, 5) is 28.2. The fourth-order valence-corrected chi connectivity index (χ4v) is 5.49. The van der Waals surface area contributed by atoms with Crippen LogP contribution < -0.4 is 0 Å². The zero-order valence-electron chi connectivity index (χ0n) is 27.8. The number of nitrogens with zero attached hydrogens (tertiary/aromatic N) is 1. The van der Waals surface area contributed by atoms with Crippen LogP contribution in [0.15, 0.2) is 4.99 Å². The molecule has 0 saturated carbocycles. The van der Waals surface area contributed by atoms with E-state index in [0.29, 0.717) is 26.1 Å². The number of carbonyl (C=O) groups excluding carboxylic acids is 2. The molecule has 0 aliphatic carbocycles. The molecule has 5 nitrogen and oxygen atoms in total. The van der Waals surface area contributed by atoms with E-state index in [1.54, 1.807) is 0 Å². The Morgan fingerprint density at radius 3 is 1.24 bits per heavy atom. The van der Waals surface area contributed by atoms with E-state index in [1.165, 1.54) is 89.9 Å². The number of carbonyl (C=O) groups is 2. The summed E-state index contributed by atoms with van der Waals surface area (Å²) in [5.41, 5.74) is 0. The van der Waals surface area contributed by atoms with Gasteiger partial charge in [-0.3, -0.25) is 9.59 Å². The lowest BCUT2D eigenvalue weighted by Gasteiger charge is -2.11. The molecule has 0 unspecified atom stereocenters. The van der Waals surface area contributed by atoms with Crippen molar-refractivity contribution in [1.82, 2.24) is 0 Å². The number of ether oxygens (including phenoxy) is 2. The monoisotopic (exact) mass is 609 g/mol. The topological polar surface area (TPSA) is 65.0 Å². The molecule has 0 saturated heterocycles. The quantitative estimate of drug-likeness (QED) is 0.0320. The van der Waals surface area contributed by atoms with Crippen molar-refractivity contribution in [2.24, 2.45) is 4.99 Å². The predicted molar refractivity (Wildman–Crippen MR) is 181 cm³/mol. The zero-order valence-corrected chi connectivity index (χ0v) is 28.6. The van der Waals surface area contributed by atoms with Crippen LogP contribution in [0.25, 0.3) is 0 Å². The van der Waals surface area contributed by atoms with Crippen molar-refractivity contribution in [3.8, 4) is 0 Å². The van der Waals surface area contributed by atoms with Gasteiger partial charge in [-0.1, -0.05) is 142 Å². The first-order chi connectivity index (χ1) is 20.6. The van der Waals surface area contributed by atoms with E-state index in [1.807, 2.05) is 0 Å². The Morgan fingerprint density at radius 1 is 0.524 bits per heavy atom. The van der Waals surface area contributed by atoms with Gasteiger partial charge < -0.3 is 9.47 Å². The van der Waals surface area contributed by atoms with E-state index in [0.717, 1.165) is 77.0 Å². The third-order valence-corrected chi connectivity index (χ3v) is 8.20. The first-order valence-corrected chi connectivity index (χ1v) is 18.4. The Balaban J connectivity index is 3.56. The third-order valence-electron chi connectivity index (χ3n) is 8.09. The smallest absolute Gasteiger partial charge is 0.305 e. The highest BCUT2D eigenvalue weighted by Crippen LogP contribution is 2.17. The van der Waals surface area contributed by atoms with E-state index in [9.17, 15) is 9.59 Å². The molecule has 0 N–H and O–H groups in total. The molecule has 0 radical (unpaired) electrons. The van der Waals surface area contributed by atoms with Crippen molar-refractivity contribution in [1.29, 1.82) is 0 Å². The number of esters is 2. The molecule has 0 aliphatic rings. The van der Waals surface area contributed by atoms with Crippen LogP contribution in [0.1, 0.15) is 194 Å². The summed E-state index contributed by atoms with van der Waals surface area (Å²) < 4.78 is 10.8. The molecule has 0 aromatic heterocycles. The highest BCUT2D eigenvalue weighted by Gasteiger charge is 2.08. The second-order valence-electron chi connectivity index (χ2n) is 12.2. The average Bonchev–Trinajstić information content (AvgIpc) is 2.98. The molecule has 0 aromatic carbocycles. The summed E-state index contributed by atoms with van der Waals surface area (Å²) in [6, 6.07) is 0.283. The van der Waals surface area contributed by atoms with Crippen LogP contribution in [-0.2, 0) is 19.1 Å². The number of thiocarbonyl (C=S) groups is 1. The highest BCUT2D eigenvalue weighted by atomic mass is 32.1. The lowest BCUT2D eigenvalue weighted by Crippen LogP contribution is -2.06. The maximum absolute atomic E-state index is 11.9. The van der Waals surface area contributed by atoms with Crippen LogP contribution in [0.3, 0.4) is 0 Å². The molecule has 0 amide bonds. The van der Waals surface area contributed by atoms with Crippen molar-refractivity contribution in [2.45, 2.75) is 200 Å². The van der Waals surface area contributed by atoms with E-state index in [4.69, 9.17) is 21.7 Å². The Labute approximate surface area is 265 Å². The van der Waals surface area contributed by atoms with Crippen LogP contribution in [0.5, 0.6) is 0 Å². The molecule has 0 fully saturated rings. The van der Waals surface area contributed by atoms with Gasteiger partial charge >= 0.3 is 11.9 Å². The summed E-state index contributed by atoms with van der Waals surface area (Å²) in [6.07, 6.45) is 31.5. The number of aliphatic imine (C=N–C) groups is 1. The summed E-state index contributed by atoms with van der Waals surface area (Å²) in [7, 11) is 0. The van der Waals surface area contributed by atoms with Crippen molar-refractivity contribution in [3.05, 3.63) is 0 Å². The SMILES string of the molecule is CCCCCCCCCOC(=O)CCCCCCCC(CCCCCCCC(=O)OCCCCCCCCC)N=C=S.